The van der Waals surface area contributed by atoms with Crippen LogP contribution in [-0.2, 0) is 12.8 Å². The van der Waals surface area contributed by atoms with E-state index in [1.54, 1.807) is 0 Å². The molecule has 0 aliphatic heterocycles. The fourth-order valence-electron chi connectivity index (χ4n) is 4.81. The molecule has 0 aromatic heterocycles. The minimum Gasteiger partial charge on any atom is -0.0651 e. The van der Waals surface area contributed by atoms with Crippen molar-refractivity contribution in [2.75, 3.05) is 0 Å². The van der Waals surface area contributed by atoms with Crippen LogP contribution in [0.25, 0.3) is 43.1 Å². The van der Waals surface area contributed by atoms with E-state index in [4.69, 9.17) is 0 Å². The minimum atomic E-state index is 1.12. The highest BCUT2D eigenvalue weighted by atomic mass is 14.2. The van der Waals surface area contributed by atoms with Gasteiger partial charge in [0.05, 0.1) is 0 Å². The topological polar surface area (TPSA) is 0 Å². The van der Waals surface area contributed by atoms with Crippen LogP contribution < -0.4 is 0 Å². The van der Waals surface area contributed by atoms with E-state index in [-0.39, 0.29) is 0 Å². The van der Waals surface area contributed by atoms with Crippen molar-refractivity contribution in [3.05, 3.63) is 83.9 Å². The van der Waals surface area contributed by atoms with Crippen LogP contribution in [0, 0.1) is 0 Å². The van der Waals surface area contributed by atoms with Crippen LogP contribution in [0.5, 0.6) is 0 Å². The predicted octanol–water partition coefficient (Wildman–Crippen LogP) is 8.20. The van der Waals surface area contributed by atoms with Crippen molar-refractivity contribution in [3.8, 4) is 0 Å². The average Bonchev–Trinajstić information content (AvgIpc) is 2.74. The van der Waals surface area contributed by atoms with Crippen molar-refractivity contribution < 1.29 is 0 Å². The van der Waals surface area contributed by atoms with E-state index < -0.39 is 0 Å². The van der Waals surface area contributed by atoms with Gasteiger partial charge in [-0.25, -0.2) is 0 Å². The molecule has 5 aromatic rings. The Hall–Kier alpha value is -2.86. The first kappa shape index (κ1) is 17.3. The maximum Gasteiger partial charge on any atom is -0.0136 e. The van der Waals surface area contributed by atoms with Crippen LogP contribution in [0.15, 0.2) is 72.8 Å². The number of rotatable bonds is 4. The molecular weight excluding hydrogens is 336 g/mol. The molecule has 0 heterocycles. The molecule has 0 aliphatic carbocycles. The number of hydrogen-bond acceptors (Lipinski definition) is 0. The summed E-state index contributed by atoms with van der Waals surface area (Å²) in [5.74, 6) is 0. The van der Waals surface area contributed by atoms with Gasteiger partial charge in [-0.2, -0.15) is 0 Å². The molecule has 28 heavy (non-hydrogen) atoms. The maximum absolute atomic E-state index is 2.43. The van der Waals surface area contributed by atoms with E-state index in [1.165, 1.54) is 54.2 Å². The highest BCUT2D eigenvalue weighted by Crippen LogP contribution is 2.38. The summed E-state index contributed by atoms with van der Waals surface area (Å²) in [5, 5.41) is 11.2. The predicted molar refractivity (Wildman–Crippen MR) is 124 cm³/mol. The summed E-state index contributed by atoms with van der Waals surface area (Å²) in [4.78, 5) is 0. The molecule has 5 rings (SSSR count). The molecule has 0 atom stereocenters. The van der Waals surface area contributed by atoms with E-state index in [2.05, 4.69) is 86.6 Å². The highest BCUT2D eigenvalue weighted by molar-refractivity contribution is 6.13. The lowest BCUT2D eigenvalue weighted by molar-refractivity contribution is 0.927. The highest BCUT2D eigenvalue weighted by Gasteiger charge is 2.15. The lowest BCUT2D eigenvalue weighted by Gasteiger charge is -2.18. The molecule has 0 radical (unpaired) electrons. The van der Waals surface area contributed by atoms with Crippen LogP contribution in [0.2, 0.25) is 0 Å². The van der Waals surface area contributed by atoms with Gasteiger partial charge in [0.15, 0.2) is 0 Å². The van der Waals surface area contributed by atoms with Crippen molar-refractivity contribution in [1.82, 2.24) is 0 Å². The second-order valence-corrected chi connectivity index (χ2v) is 7.95. The fraction of sp³-hybridized carbons (Fsp3) is 0.214. The third-order valence-electron chi connectivity index (χ3n) is 6.07. The molecular formula is C28H26. The van der Waals surface area contributed by atoms with Crippen molar-refractivity contribution in [2.45, 2.75) is 39.5 Å². The van der Waals surface area contributed by atoms with Crippen molar-refractivity contribution in [3.63, 3.8) is 0 Å². The Kier molecular flexibility index (Phi) is 4.28. The summed E-state index contributed by atoms with van der Waals surface area (Å²) >= 11 is 0. The van der Waals surface area contributed by atoms with Gasteiger partial charge in [-0.3, -0.25) is 0 Å². The molecule has 0 spiro atoms. The monoisotopic (exact) mass is 362 g/mol. The van der Waals surface area contributed by atoms with E-state index in [0.29, 0.717) is 0 Å². The summed E-state index contributed by atoms with van der Waals surface area (Å²) in [6, 6.07) is 27.3. The van der Waals surface area contributed by atoms with E-state index in [0.717, 1.165) is 25.7 Å². The van der Waals surface area contributed by atoms with Gasteiger partial charge in [-0.15, -0.1) is 0 Å². The van der Waals surface area contributed by atoms with Crippen LogP contribution >= 0.6 is 0 Å². The van der Waals surface area contributed by atoms with Gasteiger partial charge in [-0.05, 0) is 91.3 Å². The lowest BCUT2D eigenvalue weighted by atomic mass is 9.86. The van der Waals surface area contributed by atoms with E-state index >= 15 is 0 Å². The molecule has 5 aromatic carbocycles. The van der Waals surface area contributed by atoms with Gasteiger partial charge >= 0.3 is 0 Å². The summed E-state index contributed by atoms with van der Waals surface area (Å²) in [6.07, 6.45) is 4.57. The third kappa shape index (κ3) is 2.67. The quantitative estimate of drug-likeness (QED) is 0.283. The maximum atomic E-state index is 2.43. The van der Waals surface area contributed by atoms with Crippen LogP contribution in [0.3, 0.4) is 0 Å². The Labute approximate surface area is 166 Å². The van der Waals surface area contributed by atoms with Crippen LogP contribution in [0.1, 0.15) is 37.8 Å². The normalized spacial score (nSPS) is 11.8. The van der Waals surface area contributed by atoms with Crippen molar-refractivity contribution in [1.29, 1.82) is 0 Å². The first-order valence-corrected chi connectivity index (χ1v) is 10.6. The first-order valence-electron chi connectivity index (χ1n) is 10.6. The molecule has 0 N–H and O–H groups in total. The molecule has 0 amide bonds. The molecule has 0 nitrogen and oxygen atoms in total. The summed E-state index contributed by atoms with van der Waals surface area (Å²) in [5.41, 5.74) is 3.03. The zero-order valence-electron chi connectivity index (χ0n) is 16.8. The SMILES string of the molecule is CCCc1c2cc3ccccc3cc2c(CCC)c2cc3ccccc3cc12. The zero-order valence-corrected chi connectivity index (χ0v) is 16.8. The van der Waals surface area contributed by atoms with Gasteiger partial charge in [0.1, 0.15) is 0 Å². The molecule has 0 saturated heterocycles. The Morgan fingerprint density at radius 2 is 0.750 bits per heavy atom. The summed E-state index contributed by atoms with van der Waals surface area (Å²) in [6.45, 7) is 4.58. The molecule has 138 valence electrons. The van der Waals surface area contributed by atoms with Crippen molar-refractivity contribution in [2.24, 2.45) is 0 Å². The molecule has 0 bridgehead atoms. The van der Waals surface area contributed by atoms with E-state index in [9.17, 15) is 0 Å². The number of fused-ring (bicyclic) bond motifs is 4. The number of benzene rings is 5. The molecule has 0 saturated carbocycles. The first-order chi connectivity index (χ1) is 13.8. The van der Waals surface area contributed by atoms with Gasteiger partial charge < -0.3 is 0 Å². The van der Waals surface area contributed by atoms with Gasteiger partial charge in [-0.1, -0.05) is 75.2 Å². The molecule has 0 unspecified atom stereocenters. The Morgan fingerprint density at radius 1 is 0.464 bits per heavy atom. The fourth-order valence-corrected chi connectivity index (χ4v) is 4.81. The average molecular weight is 363 g/mol. The second-order valence-electron chi connectivity index (χ2n) is 7.95. The Bertz CT molecular complexity index is 1120. The number of hydrogen-bond donors (Lipinski definition) is 0. The summed E-state index contributed by atoms with van der Waals surface area (Å²) in [7, 11) is 0. The smallest absolute Gasteiger partial charge is 0.0136 e. The van der Waals surface area contributed by atoms with Crippen LogP contribution in [0.4, 0.5) is 0 Å². The molecule has 0 aliphatic rings. The Balaban J connectivity index is 2.02. The minimum absolute atomic E-state index is 1.12. The Morgan fingerprint density at radius 3 is 1.00 bits per heavy atom. The summed E-state index contributed by atoms with van der Waals surface area (Å²) < 4.78 is 0. The van der Waals surface area contributed by atoms with Crippen molar-refractivity contribution >= 4 is 43.1 Å². The largest absolute Gasteiger partial charge is 0.0651 e. The van der Waals surface area contributed by atoms with Gasteiger partial charge in [0.2, 0.25) is 0 Å². The zero-order chi connectivity index (χ0) is 19.1. The second kappa shape index (κ2) is 6.95. The lowest BCUT2D eigenvalue weighted by Crippen LogP contribution is -1.97. The van der Waals surface area contributed by atoms with E-state index in [1.807, 2.05) is 0 Å². The van der Waals surface area contributed by atoms with Gasteiger partial charge in [0.25, 0.3) is 0 Å². The molecule has 0 fully saturated rings. The standard InChI is InChI=1S/C28H26/c1-3-9-23-25-15-19-11-5-7-13-21(19)17-27(25)24(10-4-2)28-18-22-14-8-6-12-20(22)16-26(23)28/h5-8,11-18H,3-4,9-10H2,1-2H3. The number of aryl methyl sites for hydroxylation is 2. The molecule has 0 heteroatoms. The third-order valence-corrected chi connectivity index (χ3v) is 6.07. The van der Waals surface area contributed by atoms with Crippen LogP contribution in [-0.4, -0.2) is 0 Å². The van der Waals surface area contributed by atoms with Gasteiger partial charge in [0, 0.05) is 0 Å².